The standard InChI is InChI=1S/C15H20N4O/c1-11-5-7-13(8-6-11)12(2)19(4)15(20)17-14-9-16-18(3)10-14/h5-10,12H,1-4H3,(H,17,20)/t12-/m0/s1. The molecule has 1 aromatic heterocycles. The fraction of sp³-hybridized carbons (Fsp3) is 0.333. The molecule has 5 nitrogen and oxygen atoms in total. The summed E-state index contributed by atoms with van der Waals surface area (Å²) in [5.41, 5.74) is 3.02. The van der Waals surface area contributed by atoms with Gasteiger partial charge in [0.25, 0.3) is 0 Å². The van der Waals surface area contributed by atoms with Gasteiger partial charge in [-0.25, -0.2) is 4.79 Å². The number of nitrogens with one attached hydrogen (secondary N) is 1. The fourth-order valence-electron chi connectivity index (χ4n) is 1.94. The van der Waals surface area contributed by atoms with Crippen molar-refractivity contribution in [3.8, 4) is 0 Å². The number of anilines is 1. The lowest BCUT2D eigenvalue weighted by atomic mass is 10.1. The maximum Gasteiger partial charge on any atom is 0.322 e. The summed E-state index contributed by atoms with van der Waals surface area (Å²) in [5, 5.41) is 6.85. The highest BCUT2D eigenvalue weighted by atomic mass is 16.2. The number of urea groups is 1. The summed E-state index contributed by atoms with van der Waals surface area (Å²) in [6, 6.07) is 8.07. The molecule has 0 saturated carbocycles. The van der Waals surface area contributed by atoms with Gasteiger partial charge in [-0.3, -0.25) is 4.68 Å². The van der Waals surface area contributed by atoms with Crippen LogP contribution in [0.2, 0.25) is 0 Å². The van der Waals surface area contributed by atoms with Crippen LogP contribution in [-0.2, 0) is 7.05 Å². The van der Waals surface area contributed by atoms with E-state index in [1.165, 1.54) is 5.56 Å². The Balaban J connectivity index is 2.04. The van der Waals surface area contributed by atoms with Crippen molar-refractivity contribution in [3.05, 3.63) is 47.8 Å². The molecule has 0 aliphatic rings. The number of benzene rings is 1. The van der Waals surface area contributed by atoms with Gasteiger partial charge in [-0.05, 0) is 19.4 Å². The summed E-state index contributed by atoms with van der Waals surface area (Å²) in [5.74, 6) is 0. The van der Waals surface area contributed by atoms with Crippen molar-refractivity contribution in [3.63, 3.8) is 0 Å². The highest BCUT2D eigenvalue weighted by Crippen LogP contribution is 2.20. The molecule has 0 unspecified atom stereocenters. The Hall–Kier alpha value is -2.30. The second kappa shape index (κ2) is 5.77. The van der Waals surface area contributed by atoms with Crippen LogP contribution < -0.4 is 5.32 Å². The molecule has 0 radical (unpaired) electrons. The van der Waals surface area contributed by atoms with Crippen molar-refractivity contribution in [1.82, 2.24) is 14.7 Å². The lowest BCUT2D eigenvalue weighted by Gasteiger charge is -2.25. The lowest BCUT2D eigenvalue weighted by molar-refractivity contribution is 0.208. The van der Waals surface area contributed by atoms with E-state index >= 15 is 0 Å². The quantitative estimate of drug-likeness (QED) is 0.934. The molecule has 2 rings (SSSR count). The molecule has 0 saturated heterocycles. The SMILES string of the molecule is Cc1ccc([C@H](C)N(C)C(=O)Nc2cnn(C)c2)cc1. The minimum atomic E-state index is -0.147. The van der Waals surface area contributed by atoms with Crippen molar-refractivity contribution < 1.29 is 4.79 Å². The van der Waals surface area contributed by atoms with Crippen LogP contribution in [0, 0.1) is 6.92 Å². The molecule has 1 heterocycles. The van der Waals surface area contributed by atoms with E-state index in [0.717, 1.165) is 5.56 Å². The van der Waals surface area contributed by atoms with Crippen molar-refractivity contribution in [2.75, 3.05) is 12.4 Å². The highest BCUT2D eigenvalue weighted by Gasteiger charge is 2.17. The zero-order chi connectivity index (χ0) is 14.7. The molecule has 0 fully saturated rings. The van der Waals surface area contributed by atoms with E-state index in [0.29, 0.717) is 5.69 Å². The van der Waals surface area contributed by atoms with Crippen LogP contribution in [0.15, 0.2) is 36.7 Å². The van der Waals surface area contributed by atoms with Gasteiger partial charge in [-0.15, -0.1) is 0 Å². The predicted octanol–water partition coefficient (Wildman–Crippen LogP) is 2.95. The fourth-order valence-corrected chi connectivity index (χ4v) is 1.94. The predicted molar refractivity (Wildman–Crippen MR) is 79.6 cm³/mol. The Bertz CT molecular complexity index is 588. The van der Waals surface area contributed by atoms with E-state index in [4.69, 9.17) is 0 Å². The Morgan fingerprint density at radius 1 is 1.35 bits per heavy atom. The zero-order valence-corrected chi connectivity index (χ0v) is 12.3. The second-order valence-electron chi connectivity index (χ2n) is 5.03. The summed E-state index contributed by atoms with van der Waals surface area (Å²) in [7, 11) is 3.60. The van der Waals surface area contributed by atoms with Crippen molar-refractivity contribution in [2.24, 2.45) is 7.05 Å². The summed E-state index contributed by atoms with van der Waals surface area (Å²) < 4.78 is 1.65. The first kappa shape index (κ1) is 14.1. The molecule has 0 aliphatic heterocycles. The molecular weight excluding hydrogens is 252 g/mol. The van der Waals surface area contributed by atoms with Gasteiger partial charge in [0.05, 0.1) is 17.9 Å². The first-order chi connectivity index (χ1) is 9.47. The number of amides is 2. The molecule has 0 spiro atoms. The van der Waals surface area contributed by atoms with E-state index < -0.39 is 0 Å². The number of aromatic nitrogens is 2. The molecule has 0 aliphatic carbocycles. The number of hydrogen-bond acceptors (Lipinski definition) is 2. The first-order valence-corrected chi connectivity index (χ1v) is 6.56. The van der Waals surface area contributed by atoms with Gasteiger partial charge in [-0.1, -0.05) is 29.8 Å². The molecule has 20 heavy (non-hydrogen) atoms. The van der Waals surface area contributed by atoms with Gasteiger partial charge in [0.2, 0.25) is 0 Å². The molecular formula is C15H20N4O. The largest absolute Gasteiger partial charge is 0.322 e. The Kier molecular flexibility index (Phi) is 4.08. The Labute approximate surface area is 119 Å². The van der Waals surface area contributed by atoms with Crippen molar-refractivity contribution in [1.29, 1.82) is 0 Å². The van der Waals surface area contributed by atoms with Crippen LogP contribution >= 0.6 is 0 Å². The summed E-state index contributed by atoms with van der Waals surface area (Å²) in [6.45, 7) is 4.06. The van der Waals surface area contributed by atoms with Crippen LogP contribution in [0.25, 0.3) is 0 Å². The Morgan fingerprint density at radius 3 is 2.55 bits per heavy atom. The van der Waals surface area contributed by atoms with Crippen molar-refractivity contribution >= 4 is 11.7 Å². The molecule has 1 atom stereocenters. The molecule has 0 bridgehead atoms. The van der Waals surface area contributed by atoms with E-state index in [2.05, 4.69) is 22.5 Å². The maximum atomic E-state index is 12.2. The van der Waals surface area contributed by atoms with E-state index in [9.17, 15) is 4.79 Å². The van der Waals surface area contributed by atoms with Crippen LogP contribution in [0.3, 0.4) is 0 Å². The number of hydrogen-bond donors (Lipinski definition) is 1. The van der Waals surface area contributed by atoms with Crippen LogP contribution in [0.4, 0.5) is 10.5 Å². The number of nitrogens with zero attached hydrogens (tertiary/aromatic N) is 3. The monoisotopic (exact) mass is 272 g/mol. The lowest BCUT2D eigenvalue weighted by Crippen LogP contribution is -2.33. The van der Waals surface area contributed by atoms with Gasteiger partial charge in [0.1, 0.15) is 0 Å². The van der Waals surface area contributed by atoms with Crippen LogP contribution in [-0.4, -0.2) is 27.8 Å². The topological polar surface area (TPSA) is 50.2 Å². The number of aryl methyl sites for hydroxylation is 2. The van der Waals surface area contributed by atoms with E-state index in [-0.39, 0.29) is 12.1 Å². The van der Waals surface area contributed by atoms with Crippen molar-refractivity contribution in [2.45, 2.75) is 19.9 Å². The summed E-state index contributed by atoms with van der Waals surface area (Å²) in [6.07, 6.45) is 3.39. The summed E-state index contributed by atoms with van der Waals surface area (Å²) >= 11 is 0. The average molecular weight is 272 g/mol. The number of carbonyl (C=O) groups excluding carboxylic acids is 1. The molecule has 5 heteroatoms. The normalized spacial score (nSPS) is 12.0. The minimum Gasteiger partial charge on any atom is -0.321 e. The van der Waals surface area contributed by atoms with Gasteiger partial charge in [0, 0.05) is 20.3 Å². The molecule has 2 aromatic rings. The first-order valence-electron chi connectivity index (χ1n) is 6.56. The molecule has 106 valence electrons. The third kappa shape index (κ3) is 3.17. The molecule has 1 aromatic carbocycles. The zero-order valence-electron chi connectivity index (χ0n) is 12.3. The van der Waals surface area contributed by atoms with Gasteiger partial charge >= 0.3 is 6.03 Å². The highest BCUT2D eigenvalue weighted by molar-refractivity contribution is 5.89. The molecule has 1 N–H and O–H groups in total. The number of carbonyl (C=O) groups is 1. The maximum absolute atomic E-state index is 12.2. The van der Waals surface area contributed by atoms with Gasteiger partial charge in [-0.2, -0.15) is 5.10 Å². The van der Waals surface area contributed by atoms with Gasteiger partial charge in [0.15, 0.2) is 0 Å². The summed E-state index contributed by atoms with van der Waals surface area (Å²) in [4.78, 5) is 13.9. The second-order valence-corrected chi connectivity index (χ2v) is 5.03. The number of rotatable bonds is 3. The Morgan fingerprint density at radius 2 is 2.00 bits per heavy atom. The van der Waals surface area contributed by atoms with Gasteiger partial charge < -0.3 is 10.2 Å². The smallest absolute Gasteiger partial charge is 0.321 e. The third-order valence-electron chi connectivity index (χ3n) is 3.42. The third-order valence-corrected chi connectivity index (χ3v) is 3.42. The van der Waals surface area contributed by atoms with Crippen LogP contribution in [0.1, 0.15) is 24.1 Å². The van der Waals surface area contributed by atoms with E-state index in [1.54, 1.807) is 29.0 Å². The molecule has 2 amide bonds. The van der Waals surface area contributed by atoms with E-state index in [1.807, 2.05) is 33.0 Å². The van der Waals surface area contributed by atoms with Crippen LogP contribution in [0.5, 0.6) is 0 Å². The minimum absolute atomic E-state index is 0.00673. The average Bonchev–Trinajstić information content (AvgIpc) is 2.83.